The molecule has 0 saturated heterocycles. The molecule has 0 atom stereocenters. The number of allylic oxidation sites excluding steroid dienone is 1. The lowest BCUT2D eigenvalue weighted by Crippen LogP contribution is -1.84. The maximum atomic E-state index is 9.89. The third-order valence-corrected chi connectivity index (χ3v) is 1.37. The van der Waals surface area contributed by atoms with Gasteiger partial charge in [0.25, 0.3) is 0 Å². The van der Waals surface area contributed by atoms with Gasteiger partial charge in [-0.25, -0.2) is 9.97 Å². The number of carbonyl (C=O) groups excluding carboxylic acids is 1. The molecule has 3 nitrogen and oxygen atoms in total. The van der Waals surface area contributed by atoms with Gasteiger partial charge in [0.1, 0.15) is 6.29 Å². The summed E-state index contributed by atoms with van der Waals surface area (Å²) in [4.78, 5) is 17.7. The molecule has 4 heteroatoms. The van der Waals surface area contributed by atoms with Gasteiger partial charge in [0.05, 0.1) is 4.47 Å². The molecule has 0 N–H and O–H groups in total. The van der Waals surface area contributed by atoms with E-state index in [1.807, 2.05) is 0 Å². The molecule has 56 valence electrons. The predicted molar refractivity (Wildman–Crippen MR) is 44.8 cm³/mol. The Morgan fingerprint density at radius 2 is 2.00 bits per heavy atom. The summed E-state index contributed by atoms with van der Waals surface area (Å²) >= 11 is 3.19. The molecule has 0 saturated carbocycles. The zero-order chi connectivity index (χ0) is 8.10. The number of rotatable bonds is 2. The van der Waals surface area contributed by atoms with Crippen molar-refractivity contribution in [2.24, 2.45) is 0 Å². The van der Waals surface area contributed by atoms with E-state index in [2.05, 4.69) is 25.9 Å². The molecule has 0 unspecified atom stereocenters. The second-order valence-corrected chi connectivity index (χ2v) is 2.67. The fourth-order valence-corrected chi connectivity index (χ4v) is 0.738. The first-order valence-electron chi connectivity index (χ1n) is 2.92. The number of hydrogen-bond acceptors (Lipinski definition) is 3. The number of nitrogens with zero attached hydrogens (tertiary/aromatic N) is 2. The van der Waals surface area contributed by atoms with Gasteiger partial charge < -0.3 is 0 Å². The van der Waals surface area contributed by atoms with Gasteiger partial charge in [0.15, 0.2) is 5.82 Å². The Balaban J connectivity index is 2.81. The van der Waals surface area contributed by atoms with Gasteiger partial charge >= 0.3 is 0 Å². The highest BCUT2D eigenvalue weighted by molar-refractivity contribution is 9.10. The summed E-state index contributed by atoms with van der Waals surface area (Å²) in [5, 5.41) is 0. The lowest BCUT2D eigenvalue weighted by molar-refractivity contribution is -0.104. The van der Waals surface area contributed by atoms with Crippen LogP contribution in [-0.2, 0) is 4.79 Å². The fraction of sp³-hybridized carbons (Fsp3) is 0. The predicted octanol–water partition coefficient (Wildman–Crippen LogP) is 1.45. The van der Waals surface area contributed by atoms with Crippen molar-refractivity contribution < 1.29 is 4.79 Å². The minimum atomic E-state index is 0.528. The van der Waals surface area contributed by atoms with E-state index >= 15 is 0 Å². The van der Waals surface area contributed by atoms with Gasteiger partial charge in [-0.15, -0.1) is 0 Å². The highest BCUT2D eigenvalue weighted by Gasteiger charge is 1.88. The molecule has 1 heterocycles. The van der Waals surface area contributed by atoms with E-state index in [0.29, 0.717) is 12.1 Å². The number of carbonyl (C=O) groups is 1. The Hall–Kier alpha value is -1.03. The smallest absolute Gasteiger partial charge is 0.151 e. The number of aromatic nitrogens is 2. The minimum Gasteiger partial charge on any atom is -0.299 e. The zero-order valence-corrected chi connectivity index (χ0v) is 7.15. The van der Waals surface area contributed by atoms with Crippen LogP contribution < -0.4 is 0 Å². The molecule has 0 radical (unpaired) electrons. The van der Waals surface area contributed by atoms with Gasteiger partial charge in [0.2, 0.25) is 0 Å². The van der Waals surface area contributed by atoms with Crippen LogP contribution >= 0.6 is 15.9 Å². The topological polar surface area (TPSA) is 42.9 Å². The summed E-state index contributed by atoms with van der Waals surface area (Å²) in [7, 11) is 0. The summed E-state index contributed by atoms with van der Waals surface area (Å²) in [6.07, 6.45) is 6.82. The van der Waals surface area contributed by atoms with E-state index in [-0.39, 0.29) is 0 Å². The van der Waals surface area contributed by atoms with Gasteiger partial charge in [0, 0.05) is 12.4 Å². The summed E-state index contributed by atoms with van der Waals surface area (Å²) in [6, 6.07) is 0. The molecule has 1 aromatic rings. The normalized spacial score (nSPS) is 10.3. The standard InChI is InChI=1S/C7H5BrN2O/c8-6-4-9-7(10-5-6)2-1-3-11/h1-5H/b2-1+. The molecule has 0 amide bonds. The molecule has 1 aromatic heterocycles. The van der Waals surface area contributed by atoms with E-state index in [1.54, 1.807) is 18.5 Å². The second kappa shape index (κ2) is 3.98. The monoisotopic (exact) mass is 212 g/mol. The van der Waals surface area contributed by atoms with Crippen LogP contribution in [0.4, 0.5) is 0 Å². The zero-order valence-electron chi connectivity index (χ0n) is 5.57. The molecular weight excluding hydrogens is 208 g/mol. The largest absolute Gasteiger partial charge is 0.299 e. The first-order valence-corrected chi connectivity index (χ1v) is 3.71. The Bertz CT molecular complexity index is 268. The van der Waals surface area contributed by atoms with Crippen molar-refractivity contribution in [3.63, 3.8) is 0 Å². The lowest BCUT2D eigenvalue weighted by Gasteiger charge is -1.89. The molecular formula is C7H5BrN2O. The number of aldehydes is 1. The molecule has 0 spiro atoms. The Morgan fingerprint density at radius 3 is 2.55 bits per heavy atom. The summed E-state index contributed by atoms with van der Waals surface area (Å²) in [5.41, 5.74) is 0. The van der Waals surface area contributed by atoms with Crippen LogP contribution in [0.1, 0.15) is 5.82 Å². The van der Waals surface area contributed by atoms with Crippen LogP contribution in [0, 0.1) is 0 Å². The molecule has 0 aliphatic carbocycles. The first kappa shape index (κ1) is 8.07. The molecule has 11 heavy (non-hydrogen) atoms. The average molecular weight is 213 g/mol. The quantitative estimate of drug-likeness (QED) is 0.551. The lowest BCUT2D eigenvalue weighted by atomic mass is 10.5. The van der Waals surface area contributed by atoms with E-state index in [4.69, 9.17) is 0 Å². The van der Waals surface area contributed by atoms with Crippen LogP contribution in [0.15, 0.2) is 22.9 Å². The van der Waals surface area contributed by atoms with Crippen molar-refractivity contribution in [1.82, 2.24) is 9.97 Å². The van der Waals surface area contributed by atoms with Crippen LogP contribution in [-0.4, -0.2) is 16.3 Å². The van der Waals surface area contributed by atoms with Crippen molar-refractivity contribution in [2.45, 2.75) is 0 Å². The molecule has 0 fully saturated rings. The molecule has 1 rings (SSSR count). The summed E-state index contributed by atoms with van der Waals surface area (Å²) in [5.74, 6) is 0.528. The number of halogens is 1. The van der Waals surface area contributed by atoms with Crippen LogP contribution in [0.2, 0.25) is 0 Å². The SMILES string of the molecule is O=C/C=C/c1ncc(Br)cn1. The van der Waals surface area contributed by atoms with Gasteiger partial charge in [-0.2, -0.15) is 0 Å². The maximum absolute atomic E-state index is 9.89. The average Bonchev–Trinajstić information content (AvgIpc) is 2.04. The van der Waals surface area contributed by atoms with Crippen LogP contribution in [0.5, 0.6) is 0 Å². The third kappa shape index (κ3) is 2.59. The van der Waals surface area contributed by atoms with Crippen molar-refractivity contribution in [3.8, 4) is 0 Å². The van der Waals surface area contributed by atoms with E-state index < -0.39 is 0 Å². The molecule has 0 aliphatic heterocycles. The second-order valence-electron chi connectivity index (χ2n) is 1.75. The minimum absolute atomic E-state index is 0.528. The van der Waals surface area contributed by atoms with Crippen molar-refractivity contribution in [1.29, 1.82) is 0 Å². The van der Waals surface area contributed by atoms with Gasteiger partial charge in [-0.1, -0.05) is 0 Å². The van der Waals surface area contributed by atoms with Gasteiger partial charge in [-0.3, -0.25) is 4.79 Å². The summed E-state index contributed by atoms with van der Waals surface area (Å²) in [6.45, 7) is 0. The maximum Gasteiger partial charge on any atom is 0.151 e. The Kier molecular flexibility index (Phi) is 2.92. The molecule has 0 aliphatic rings. The molecule has 0 aromatic carbocycles. The van der Waals surface area contributed by atoms with E-state index in [0.717, 1.165) is 4.47 Å². The summed E-state index contributed by atoms with van der Waals surface area (Å²) < 4.78 is 0.820. The fourth-order valence-electron chi connectivity index (χ4n) is 0.534. The number of hydrogen-bond donors (Lipinski definition) is 0. The van der Waals surface area contributed by atoms with Crippen LogP contribution in [0.25, 0.3) is 6.08 Å². The Morgan fingerprint density at radius 1 is 1.36 bits per heavy atom. The van der Waals surface area contributed by atoms with Gasteiger partial charge in [-0.05, 0) is 28.1 Å². The highest BCUT2D eigenvalue weighted by atomic mass is 79.9. The Labute approximate surface area is 72.3 Å². The first-order chi connectivity index (χ1) is 5.33. The van der Waals surface area contributed by atoms with Crippen molar-refractivity contribution in [2.75, 3.05) is 0 Å². The third-order valence-electron chi connectivity index (χ3n) is 0.964. The van der Waals surface area contributed by atoms with E-state index in [1.165, 1.54) is 6.08 Å². The van der Waals surface area contributed by atoms with Crippen molar-refractivity contribution >= 4 is 28.3 Å². The van der Waals surface area contributed by atoms with E-state index in [9.17, 15) is 4.79 Å². The van der Waals surface area contributed by atoms with Crippen molar-refractivity contribution in [3.05, 3.63) is 28.8 Å². The van der Waals surface area contributed by atoms with Crippen LogP contribution in [0.3, 0.4) is 0 Å². The molecule has 0 bridgehead atoms. The highest BCUT2D eigenvalue weighted by Crippen LogP contribution is 2.04.